The molecule has 0 aliphatic rings. The molecule has 0 saturated heterocycles. The third-order valence-corrected chi connectivity index (χ3v) is 4.94. The molecular weight excluding hydrogens is 539 g/mol. The molecule has 0 fully saturated rings. The number of rotatable bonds is 5. The van der Waals surface area contributed by atoms with E-state index in [0.29, 0.717) is 26.7 Å². The average molecular weight is 558 g/mol. The molecule has 0 radical (unpaired) electrons. The van der Waals surface area contributed by atoms with Crippen molar-refractivity contribution in [3.8, 4) is 5.82 Å². The molecule has 2 amide bonds. The minimum Gasteiger partial charge on any atom is -0.471 e. The highest BCUT2D eigenvalue weighted by atomic mass is 79.9. The molecule has 0 unspecified atom stereocenters. The molecule has 0 bridgehead atoms. The molecule has 0 saturated carbocycles. The Morgan fingerprint density at radius 2 is 1.97 bits per heavy atom. The van der Waals surface area contributed by atoms with E-state index in [2.05, 4.69) is 36.1 Å². The first-order valence-electron chi connectivity index (χ1n) is 9.07. The molecular formula is C20H19BrCl2N6O4. The number of aromatic nitrogens is 3. The molecule has 33 heavy (non-hydrogen) atoms. The number of carbonyl (C=O) groups excluding carboxylic acids is 3. The highest BCUT2D eigenvalue weighted by molar-refractivity contribution is 9.10. The number of hydrogen-bond acceptors (Lipinski definition) is 7. The minimum atomic E-state index is -0.524. The number of hydrazine groups is 1. The van der Waals surface area contributed by atoms with Crippen LogP contribution in [0.5, 0.6) is 0 Å². The summed E-state index contributed by atoms with van der Waals surface area (Å²) in [5.41, 5.74) is 1.20. The van der Waals surface area contributed by atoms with Gasteiger partial charge in [-0.15, -0.1) is 0 Å². The standard InChI is InChI=1S/C18H15BrCl2N6O2.C2H4O2/c1-9-6-10(20)7-11(18(29)26(2)22)15(9)24-17(28)13-8-14(19)25-27(13)16-12(21)4-3-5-23-16;1-4-2-3/h3-8H,22H2,1-2H3,(H,24,28);2H,1H3. The van der Waals surface area contributed by atoms with E-state index in [1.165, 1.54) is 37.2 Å². The zero-order valence-electron chi connectivity index (χ0n) is 17.7. The van der Waals surface area contributed by atoms with Crippen LogP contribution in [0.15, 0.2) is 41.1 Å². The smallest absolute Gasteiger partial charge is 0.292 e. The lowest BCUT2D eigenvalue weighted by molar-refractivity contribution is -0.126. The fourth-order valence-corrected chi connectivity index (χ4v) is 3.50. The number of ether oxygens (including phenoxy) is 1. The molecule has 2 aromatic heterocycles. The van der Waals surface area contributed by atoms with Gasteiger partial charge < -0.3 is 10.1 Å². The van der Waals surface area contributed by atoms with Gasteiger partial charge in [-0.1, -0.05) is 23.2 Å². The van der Waals surface area contributed by atoms with Crippen molar-refractivity contribution in [3.63, 3.8) is 0 Å². The first-order valence-corrected chi connectivity index (χ1v) is 10.6. The van der Waals surface area contributed by atoms with Gasteiger partial charge in [0.05, 0.1) is 23.4 Å². The Bertz CT molecular complexity index is 1190. The van der Waals surface area contributed by atoms with Gasteiger partial charge in [0.25, 0.3) is 18.3 Å². The first kappa shape index (κ1) is 26.3. The van der Waals surface area contributed by atoms with Gasteiger partial charge in [0.15, 0.2) is 5.82 Å². The lowest BCUT2D eigenvalue weighted by atomic mass is 10.1. The Labute approximate surface area is 207 Å². The number of hydrogen-bond donors (Lipinski definition) is 2. The van der Waals surface area contributed by atoms with Gasteiger partial charge in [-0.05, 0) is 52.7 Å². The van der Waals surface area contributed by atoms with E-state index in [4.69, 9.17) is 33.8 Å². The average Bonchev–Trinajstić information content (AvgIpc) is 3.16. The quantitative estimate of drug-likeness (QED) is 0.212. The number of amides is 2. The van der Waals surface area contributed by atoms with E-state index < -0.39 is 11.8 Å². The molecule has 3 N–H and O–H groups in total. The van der Waals surface area contributed by atoms with Crippen molar-refractivity contribution in [1.82, 2.24) is 19.8 Å². The van der Waals surface area contributed by atoms with Gasteiger partial charge in [-0.3, -0.25) is 19.4 Å². The van der Waals surface area contributed by atoms with Crippen molar-refractivity contribution >= 4 is 63.1 Å². The van der Waals surface area contributed by atoms with Crippen LogP contribution in [0.1, 0.15) is 26.4 Å². The van der Waals surface area contributed by atoms with Crippen LogP contribution in [-0.2, 0) is 9.53 Å². The molecule has 0 atom stereocenters. The van der Waals surface area contributed by atoms with E-state index in [9.17, 15) is 9.59 Å². The predicted octanol–water partition coefficient (Wildman–Crippen LogP) is 3.63. The maximum absolute atomic E-state index is 13.1. The fraction of sp³-hybridized carbons (Fsp3) is 0.150. The Morgan fingerprint density at radius 1 is 1.30 bits per heavy atom. The van der Waals surface area contributed by atoms with Crippen LogP contribution in [-0.4, -0.2) is 52.2 Å². The highest BCUT2D eigenvalue weighted by Gasteiger charge is 2.23. The molecule has 0 aliphatic heterocycles. The third kappa shape index (κ3) is 6.51. The van der Waals surface area contributed by atoms with Crippen LogP contribution in [0.4, 0.5) is 5.69 Å². The normalized spacial score (nSPS) is 10.0. The molecule has 10 nitrogen and oxygen atoms in total. The number of nitrogens with one attached hydrogen (secondary N) is 1. The van der Waals surface area contributed by atoms with Crippen molar-refractivity contribution in [3.05, 3.63) is 68.0 Å². The van der Waals surface area contributed by atoms with Crippen LogP contribution >= 0.6 is 39.1 Å². The van der Waals surface area contributed by atoms with E-state index >= 15 is 0 Å². The summed E-state index contributed by atoms with van der Waals surface area (Å²) < 4.78 is 5.58. The van der Waals surface area contributed by atoms with Gasteiger partial charge >= 0.3 is 0 Å². The number of nitrogens with two attached hydrogens (primary N) is 1. The van der Waals surface area contributed by atoms with Crippen LogP contribution in [0, 0.1) is 6.92 Å². The molecule has 174 valence electrons. The van der Waals surface area contributed by atoms with Gasteiger partial charge in [0.2, 0.25) is 0 Å². The molecule has 1 aromatic carbocycles. The van der Waals surface area contributed by atoms with Gasteiger partial charge in [0, 0.05) is 24.3 Å². The van der Waals surface area contributed by atoms with Gasteiger partial charge in [-0.2, -0.15) is 5.10 Å². The molecule has 3 rings (SSSR count). The maximum Gasteiger partial charge on any atom is 0.292 e. The lowest BCUT2D eigenvalue weighted by Crippen LogP contribution is -2.34. The van der Waals surface area contributed by atoms with Crippen LogP contribution in [0.2, 0.25) is 10.0 Å². The van der Waals surface area contributed by atoms with E-state index in [-0.39, 0.29) is 22.8 Å². The number of methoxy groups -OCH3 is 1. The second-order valence-electron chi connectivity index (χ2n) is 6.42. The van der Waals surface area contributed by atoms with Crippen molar-refractivity contribution in [2.24, 2.45) is 5.84 Å². The molecule has 2 heterocycles. The van der Waals surface area contributed by atoms with E-state index in [0.717, 1.165) is 5.01 Å². The fourth-order valence-electron chi connectivity index (χ4n) is 2.65. The second kappa shape index (κ2) is 11.8. The Balaban J connectivity index is 0.000000890. The Morgan fingerprint density at radius 3 is 2.55 bits per heavy atom. The van der Waals surface area contributed by atoms with Crippen LogP contribution < -0.4 is 11.2 Å². The minimum absolute atomic E-state index is 0.159. The molecule has 3 aromatic rings. The van der Waals surface area contributed by atoms with Crippen molar-refractivity contribution in [1.29, 1.82) is 0 Å². The van der Waals surface area contributed by atoms with Crippen LogP contribution in [0.25, 0.3) is 5.82 Å². The van der Waals surface area contributed by atoms with E-state index in [1.807, 2.05) is 0 Å². The van der Waals surface area contributed by atoms with Gasteiger partial charge in [-0.25, -0.2) is 15.5 Å². The monoisotopic (exact) mass is 556 g/mol. The lowest BCUT2D eigenvalue weighted by Gasteiger charge is -2.17. The summed E-state index contributed by atoms with van der Waals surface area (Å²) in [6, 6.07) is 7.90. The number of halogens is 3. The summed E-state index contributed by atoms with van der Waals surface area (Å²) in [6.45, 7) is 2.09. The van der Waals surface area contributed by atoms with Crippen molar-refractivity contribution < 1.29 is 19.1 Å². The summed E-state index contributed by atoms with van der Waals surface area (Å²) in [5, 5.41) is 8.56. The van der Waals surface area contributed by atoms with Crippen molar-refractivity contribution in [2.75, 3.05) is 19.5 Å². The Hall–Kier alpha value is -2.99. The molecule has 0 aliphatic carbocycles. The van der Waals surface area contributed by atoms with Gasteiger partial charge in [0.1, 0.15) is 10.3 Å². The SMILES string of the molecule is COC=O.Cc1cc(Cl)cc(C(=O)N(C)N)c1NC(=O)c1cc(Br)nn1-c1ncccc1Cl. The topological polar surface area (TPSA) is 132 Å². The summed E-state index contributed by atoms with van der Waals surface area (Å²) in [6.07, 6.45) is 1.54. The Kier molecular flexibility index (Phi) is 9.35. The molecule has 0 spiro atoms. The number of carbonyl (C=O) groups is 3. The summed E-state index contributed by atoms with van der Waals surface area (Å²) in [7, 11) is 2.71. The van der Waals surface area contributed by atoms with E-state index in [1.54, 1.807) is 25.1 Å². The zero-order chi connectivity index (χ0) is 24.7. The first-order chi connectivity index (χ1) is 15.6. The predicted molar refractivity (Wildman–Crippen MR) is 128 cm³/mol. The summed E-state index contributed by atoms with van der Waals surface area (Å²) >= 11 is 15.5. The second-order valence-corrected chi connectivity index (χ2v) is 8.08. The van der Waals surface area contributed by atoms with Crippen molar-refractivity contribution in [2.45, 2.75) is 6.92 Å². The number of nitrogens with zero attached hydrogens (tertiary/aromatic N) is 4. The largest absolute Gasteiger partial charge is 0.471 e. The number of pyridine rings is 1. The number of aryl methyl sites for hydroxylation is 1. The summed E-state index contributed by atoms with van der Waals surface area (Å²) in [4.78, 5) is 38.7. The maximum atomic E-state index is 13.1. The van der Waals surface area contributed by atoms with Crippen LogP contribution in [0.3, 0.4) is 0 Å². The third-order valence-electron chi connectivity index (χ3n) is 4.04. The zero-order valence-corrected chi connectivity index (χ0v) is 20.8. The summed E-state index contributed by atoms with van der Waals surface area (Å²) in [5.74, 6) is 4.84. The molecule has 13 heteroatoms. The number of anilines is 1. The number of benzene rings is 1. The highest BCUT2D eigenvalue weighted by Crippen LogP contribution is 2.28.